The SMILES string of the molecule is c1ccc(Cc2nccc(NCc3cccnc3-n3cnc4ccccc43)n2)cc1. The Morgan fingerprint density at radius 1 is 0.767 bits per heavy atom. The van der Waals surface area contributed by atoms with Crippen molar-refractivity contribution in [1.29, 1.82) is 0 Å². The largest absolute Gasteiger partial charge is 0.366 e. The Kier molecular flexibility index (Phi) is 4.88. The van der Waals surface area contributed by atoms with E-state index in [0.29, 0.717) is 13.0 Å². The minimum absolute atomic E-state index is 0.595. The molecule has 0 aliphatic heterocycles. The molecule has 5 rings (SSSR count). The first-order chi connectivity index (χ1) is 14.9. The fraction of sp³-hybridized carbons (Fsp3) is 0.0833. The van der Waals surface area contributed by atoms with Crippen LogP contribution >= 0.6 is 0 Å². The molecule has 0 radical (unpaired) electrons. The van der Waals surface area contributed by atoms with Gasteiger partial charge in [-0.25, -0.2) is 19.9 Å². The number of para-hydroxylation sites is 2. The highest BCUT2D eigenvalue weighted by atomic mass is 15.1. The topological polar surface area (TPSA) is 68.5 Å². The van der Waals surface area contributed by atoms with Crippen LogP contribution in [0.4, 0.5) is 5.82 Å². The Hall–Kier alpha value is -4.06. The van der Waals surface area contributed by atoms with Crippen LogP contribution in [-0.4, -0.2) is 24.5 Å². The third-order valence-corrected chi connectivity index (χ3v) is 4.92. The predicted octanol–water partition coefficient (Wildman–Crippen LogP) is 4.41. The van der Waals surface area contributed by atoms with Crippen molar-refractivity contribution in [3.8, 4) is 5.82 Å². The van der Waals surface area contributed by atoms with Gasteiger partial charge in [-0.05, 0) is 29.8 Å². The first-order valence-corrected chi connectivity index (χ1v) is 9.83. The van der Waals surface area contributed by atoms with E-state index >= 15 is 0 Å². The molecule has 3 aromatic heterocycles. The molecule has 1 N–H and O–H groups in total. The number of anilines is 1. The van der Waals surface area contributed by atoms with Crippen LogP contribution in [0.1, 0.15) is 17.0 Å². The zero-order chi connectivity index (χ0) is 20.2. The van der Waals surface area contributed by atoms with E-state index in [1.54, 1.807) is 12.4 Å². The van der Waals surface area contributed by atoms with Crippen LogP contribution in [0.3, 0.4) is 0 Å². The molecule has 146 valence electrons. The maximum Gasteiger partial charge on any atom is 0.143 e. The molecule has 6 nitrogen and oxygen atoms in total. The Morgan fingerprint density at radius 3 is 2.57 bits per heavy atom. The van der Waals surface area contributed by atoms with Gasteiger partial charge in [0.1, 0.15) is 23.8 Å². The van der Waals surface area contributed by atoms with Crippen molar-refractivity contribution < 1.29 is 0 Å². The quantitative estimate of drug-likeness (QED) is 0.463. The number of fused-ring (bicyclic) bond motifs is 1. The number of imidazole rings is 1. The van der Waals surface area contributed by atoms with Crippen LogP contribution in [0.2, 0.25) is 0 Å². The van der Waals surface area contributed by atoms with E-state index in [9.17, 15) is 0 Å². The van der Waals surface area contributed by atoms with Gasteiger partial charge < -0.3 is 5.32 Å². The van der Waals surface area contributed by atoms with Crippen LogP contribution in [-0.2, 0) is 13.0 Å². The molecule has 6 heteroatoms. The number of aromatic nitrogens is 5. The van der Waals surface area contributed by atoms with Crippen LogP contribution in [0.5, 0.6) is 0 Å². The molecule has 0 saturated carbocycles. The molecule has 0 atom stereocenters. The van der Waals surface area contributed by atoms with E-state index in [0.717, 1.165) is 34.1 Å². The highest BCUT2D eigenvalue weighted by Crippen LogP contribution is 2.20. The maximum atomic E-state index is 4.66. The van der Waals surface area contributed by atoms with Gasteiger partial charge in [-0.1, -0.05) is 48.5 Å². The normalized spacial score (nSPS) is 10.9. The van der Waals surface area contributed by atoms with Crippen LogP contribution in [0.15, 0.2) is 91.5 Å². The fourth-order valence-corrected chi connectivity index (χ4v) is 3.46. The highest BCUT2D eigenvalue weighted by molar-refractivity contribution is 5.77. The van der Waals surface area contributed by atoms with Gasteiger partial charge in [-0.3, -0.25) is 4.57 Å². The Morgan fingerprint density at radius 2 is 1.63 bits per heavy atom. The summed E-state index contributed by atoms with van der Waals surface area (Å²) < 4.78 is 2.02. The first kappa shape index (κ1) is 18.0. The lowest BCUT2D eigenvalue weighted by atomic mass is 10.1. The molecule has 30 heavy (non-hydrogen) atoms. The average Bonchev–Trinajstić information content (AvgIpc) is 3.23. The van der Waals surface area contributed by atoms with E-state index in [2.05, 4.69) is 49.5 Å². The monoisotopic (exact) mass is 392 g/mol. The van der Waals surface area contributed by atoms with E-state index in [4.69, 9.17) is 0 Å². The van der Waals surface area contributed by atoms with Crippen molar-refractivity contribution in [3.05, 3.63) is 108 Å². The Bertz CT molecular complexity index is 1280. The number of pyridine rings is 1. The number of hydrogen-bond donors (Lipinski definition) is 1. The highest BCUT2D eigenvalue weighted by Gasteiger charge is 2.10. The lowest BCUT2D eigenvalue weighted by Gasteiger charge is -2.12. The lowest BCUT2D eigenvalue weighted by molar-refractivity contribution is 0.942. The molecule has 0 bridgehead atoms. The molecule has 5 aromatic rings. The molecule has 0 fully saturated rings. The smallest absolute Gasteiger partial charge is 0.143 e. The Balaban J connectivity index is 1.37. The number of benzene rings is 2. The molecule has 2 aromatic carbocycles. The summed E-state index contributed by atoms with van der Waals surface area (Å²) in [5.41, 5.74) is 4.23. The number of hydrogen-bond acceptors (Lipinski definition) is 5. The van der Waals surface area contributed by atoms with Crippen molar-refractivity contribution in [2.24, 2.45) is 0 Å². The molecule has 0 saturated heterocycles. The zero-order valence-corrected chi connectivity index (χ0v) is 16.3. The fourth-order valence-electron chi connectivity index (χ4n) is 3.46. The number of rotatable bonds is 6. The van der Waals surface area contributed by atoms with E-state index < -0.39 is 0 Å². The molecule has 0 spiro atoms. The average molecular weight is 392 g/mol. The molecule has 0 aliphatic rings. The van der Waals surface area contributed by atoms with Gasteiger partial charge in [-0.2, -0.15) is 0 Å². The molecule has 0 unspecified atom stereocenters. The first-order valence-electron chi connectivity index (χ1n) is 9.83. The summed E-state index contributed by atoms with van der Waals surface area (Å²) >= 11 is 0. The molecule has 0 amide bonds. The summed E-state index contributed by atoms with van der Waals surface area (Å²) in [5.74, 6) is 2.44. The second-order valence-electron chi connectivity index (χ2n) is 6.96. The lowest BCUT2D eigenvalue weighted by Crippen LogP contribution is -2.08. The third kappa shape index (κ3) is 3.75. The van der Waals surface area contributed by atoms with E-state index in [-0.39, 0.29) is 0 Å². The molecule has 3 heterocycles. The molecular formula is C24H20N6. The minimum Gasteiger partial charge on any atom is -0.366 e. The second kappa shape index (κ2) is 8.13. The third-order valence-electron chi connectivity index (χ3n) is 4.92. The number of nitrogens with one attached hydrogen (secondary N) is 1. The van der Waals surface area contributed by atoms with Gasteiger partial charge in [-0.15, -0.1) is 0 Å². The zero-order valence-electron chi connectivity index (χ0n) is 16.3. The van der Waals surface area contributed by atoms with Gasteiger partial charge in [0.25, 0.3) is 0 Å². The van der Waals surface area contributed by atoms with E-state index in [1.165, 1.54) is 5.56 Å². The van der Waals surface area contributed by atoms with Gasteiger partial charge in [0.15, 0.2) is 0 Å². The van der Waals surface area contributed by atoms with Crippen LogP contribution in [0.25, 0.3) is 16.9 Å². The Labute approximate surface area is 174 Å². The standard InChI is InChI=1S/C24H20N6/c1-2-7-18(8-3-1)15-23-25-14-12-22(29-23)27-16-19-9-6-13-26-24(19)30-17-28-20-10-4-5-11-21(20)30/h1-14,17H,15-16H2,(H,25,27,29). The van der Waals surface area contributed by atoms with Gasteiger partial charge in [0.05, 0.1) is 11.0 Å². The number of nitrogens with zero attached hydrogens (tertiary/aromatic N) is 5. The minimum atomic E-state index is 0.595. The molecular weight excluding hydrogens is 372 g/mol. The predicted molar refractivity (Wildman–Crippen MR) is 117 cm³/mol. The van der Waals surface area contributed by atoms with Crippen LogP contribution < -0.4 is 5.32 Å². The maximum absolute atomic E-state index is 4.66. The van der Waals surface area contributed by atoms with Crippen molar-refractivity contribution in [2.45, 2.75) is 13.0 Å². The summed E-state index contributed by atoms with van der Waals surface area (Å²) in [7, 11) is 0. The van der Waals surface area contributed by atoms with Gasteiger partial charge >= 0.3 is 0 Å². The van der Waals surface area contributed by atoms with Crippen molar-refractivity contribution in [1.82, 2.24) is 24.5 Å². The van der Waals surface area contributed by atoms with Gasteiger partial charge in [0.2, 0.25) is 0 Å². The van der Waals surface area contributed by atoms with Crippen molar-refractivity contribution >= 4 is 16.9 Å². The van der Waals surface area contributed by atoms with Crippen molar-refractivity contribution in [2.75, 3.05) is 5.32 Å². The summed E-state index contributed by atoms with van der Waals surface area (Å²) in [6.45, 7) is 0.595. The summed E-state index contributed by atoms with van der Waals surface area (Å²) in [4.78, 5) is 18.2. The van der Waals surface area contributed by atoms with E-state index in [1.807, 2.05) is 59.4 Å². The van der Waals surface area contributed by atoms with Crippen molar-refractivity contribution in [3.63, 3.8) is 0 Å². The summed E-state index contributed by atoms with van der Waals surface area (Å²) in [6.07, 6.45) is 6.12. The second-order valence-corrected chi connectivity index (χ2v) is 6.96. The van der Waals surface area contributed by atoms with Gasteiger partial charge in [0, 0.05) is 30.9 Å². The summed E-state index contributed by atoms with van der Waals surface area (Å²) in [6, 6.07) is 24.2. The van der Waals surface area contributed by atoms with Crippen LogP contribution in [0, 0.1) is 0 Å². The summed E-state index contributed by atoms with van der Waals surface area (Å²) in [5, 5.41) is 3.41. The molecule has 0 aliphatic carbocycles.